The first-order chi connectivity index (χ1) is 7.30. The van der Waals surface area contributed by atoms with Crippen molar-refractivity contribution in [1.29, 1.82) is 0 Å². The van der Waals surface area contributed by atoms with Gasteiger partial charge < -0.3 is 16.2 Å². The van der Waals surface area contributed by atoms with Gasteiger partial charge in [0.25, 0.3) is 0 Å². The van der Waals surface area contributed by atoms with Crippen LogP contribution in [0.5, 0.6) is 0 Å². The molecule has 0 amide bonds. The van der Waals surface area contributed by atoms with Crippen molar-refractivity contribution >= 4 is 11.4 Å². The molecule has 0 radical (unpaired) electrons. The van der Waals surface area contributed by atoms with Crippen molar-refractivity contribution in [2.75, 3.05) is 17.6 Å². The minimum absolute atomic E-state index is 0.00970. The monoisotopic (exact) mass is 234 g/mol. The van der Waals surface area contributed by atoms with Crippen LogP contribution in [0, 0.1) is 0 Å². The molecular formula is C10H13F3N2O. The van der Waals surface area contributed by atoms with Crippen LogP contribution in [0.15, 0.2) is 18.2 Å². The lowest BCUT2D eigenvalue weighted by Crippen LogP contribution is -2.16. The van der Waals surface area contributed by atoms with Crippen LogP contribution in [0.3, 0.4) is 0 Å². The summed E-state index contributed by atoms with van der Waals surface area (Å²) in [5, 5.41) is 11.8. The van der Waals surface area contributed by atoms with Gasteiger partial charge in [0.2, 0.25) is 0 Å². The van der Waals surface area contributed by atoms with E-state index < -0.39 is 17.8 Å². The van der Waals surface area contributed by atoms with Gasteiger partial charge in [0.15, 0.2) is 0 Å². The lowest BCUT2D eigenvalue weighted by Gasteiger charge is -2.13. The fraction of sp³-hybridized carbons (Fsp3) is 0.400. The topological polar surface area (TPSA) is 58.3 Å². The molecule has 0 aliphatic rings. The lowest BCUT2D eigenvalue weighted by atomic mass is 10.1. The van der Waals surface area contributed by atoms with E-state index in [0.29, 0.717) is 5.69 Å². The molecule has 90 valence electrons. The van der Waals surface area contributed by atoms with Gasteiger partial charge in [0, 0.05) is 6.54 Å². The van der Waals surface area contributed by atoms with E-state index in [1.165, 1.54) is 6.07 Å². The number of aliphatic hydroxyl groups excluding tert-OH is 1. The van der Waals surface area contributed by atoms with Gasteiger partial charge in [-0.15, -0.1) is 0 Å². The van der Waals surface area contributed by atoms with Crippen LogP contribution in [-0.4, -0.2) is 17.8 Å². The van der Waals surface area contributed by atoms with Crippen LogP contribution < -0.4 is 11.1 Å². The van der Waals surface area contributed by atoms with E-state index in [4.69, 9.17) is 10.8 Å². The SMILES string of the molecule is CC(O)CNc1ccc(C(F)(F)F)cc1N. The minimum Gasteiger partial charge on any atom is -0.397 e. The summed E-state index contributed by atoms with van der Waals surface area (Å²) in [6.45, 7) is 1.79. The zero-order valence-electron chi connectivity index (χ0n) is 8.67. The largest absolute Gasteiger partial charge is 0.416 e. The average Bonchev–Trinajstić information content (AvgIpc) is 2.14. The van der Waals surface area contributed by atoms with Gasteiger partial charge in [-0.3, -0.25) is 0 Å². The number of rotatable bonds is 3. The van der Waals surface area contributed by atoms with E-state index in [-0.39, 0.29) is 12.2 Å². The first-order valence-corrected chi connectivity index (χ1v) is 4.69. The second-order valence-corrected chi connectivity index (χ2v) is 3.53. The molecule has 1 unspecified atom stereocenters. The minimum atomic E-state index is -4.39. The number of benzene rings is 1. The molecule has 0 heterocycles. The number of alkyl halides is 3. The fourth-order valence-electron chi connectivity index (χ4n) is 1.16. The summed E-state index contributed by atoms with van der Waals surface area (Å²) in [5.41, 5.74) is 5.07. The Morgan fingerprint density at radius 3 is 2.50 bits per heavy atom. The highest BCUT2D eigenvalue weighted by molar-refractivity contribution is 5.67. The Morgan fingerprint density at radius 1 is 1.44 bits per heavy atom. The highest BCUT2D eigenvalue weighted by atomic mass is 19.4. The zero-order valence-corrected chi connectivity index (χ0v) is 8.67. The standard InChI is InChI=1S/C10H13F3N2O/c1-6(16)5-15-9-3-2-7(4-8(9)14)10(11,12)13/h2-4,6,15-16H,5,14H2,1H3. The number of aliphatic hydroxyl groups is 1. The summed E-state index contributed by atoms with van der Waals surface area (Å²) in [6.07, 6.45) is -4.99. The number of hydrogen-bond donors (Lipinski definition) is 3. The van der Waals surface area contributed by atoms with Gasteiger partial charge in [-0.25, -0.2) is 0 Å². The second kappa shape index (κ2) is 4.61. The molecule has 0 bridgehead atoms. The zero-order chi connectivity index (χ0) is 12.3. The Balaban J connectivity index is 2.84. The Morgan fingerprint density at radius 2 is 2.06 bits per heavy atom. The third-order valence-electron chi connectivity index (χ3n) is 1.97. The Bertz CT molecular complexity index is 364. The van der Waals surface area contributed by atoms with Gasteiger partial charge in [-0.2, -0.15) is 13.2 Å². The van der Waals surface area contributed by atoms with Gasteiger partial charge in [-0.05, 0) is 25.1 Å². The molecule has 1 aromatic rings. The second-order valence-electron chi connectivity index (χ2n) is 3.53. The Labute approximate surface area is 91.1 Å². The van der Waals surface area contributed by atoms with Crippen LogP contribution in [0.1, 0.15) is 12.5 Å². The number of hydrogen-bond acceptors (Lipinski definition) is 3. The molecule has 0 aliphatic heterocycles. The molecule has 1 atom stereocenters. The summed E-state index contributed by atoms with van der Waals surface area (Å²) in [5.74, 6) is 0. The van der Waals surface area contributed by atoms with E-state index in [2.05, 4.69) is 5.32 Å². The van der Waals surface area contributed by atoms with Gasteiger partial charge in [0.1, 0.15) is 0 Å². The molecule has 0 fully saturated rings. The van der Waals surface area contributed by atoms with Crippen molar-refractivity contribution in [2.45, 2.75) is 19.2 Å². The fourth-order valence-corrected chi connectivity index (χ4v) is 1.16. The molecule has 1 aromatic carbocycles. The summed E-state index contributed by atoms with van der Waals surface area (Å²) in [4.78, 5) is 0. The molecule has 16 heavy (non-hydrogen) atoms. The number of nitrogens with two attached hydrogens (primary N) is 1. The maximum absolute atomic E-state index is 12.3. The average molecular weight is 234 g/mol. The Kier molecular flexibility index (Phi) is 3.64. The van der Waals surface area contributed by atoms with E-state index in [1.807, 2.05) is 0 Å². The van der Waals surface area contributed by atoms with E-state index >= 15 is 0 Å². The third-order valence-corrected chi connectivity index (χ3v) is 1.97. The molecule has 4 N–H and O–H groups in total. The van der Waals surface area contributed by atoms with Crippen LogP contribution in [0.4, 0.5) is 24.5 Å². The number of nitrogen functional groups attached to an aromatic ring is 1. The molecule has 1 rings (SSSR count). The predicted octanol–water partition coefficient (Wildman–Crippen LogP) is 2.08. The summed E-state index contributed by atoms with van der Waals surface area (Å²) >= 11 is 0. The van der Waals surface area contributed by atoms with Gasteiger partial charge in [-0.1, -0.05) is 0 Å². The first-order valence-electron chi connectivity index (χ1n) is 4.69. The number of nitrogens with one attached hydrogen (secondary N) is 1. The van der Waals surface area contributed by atoms with Crippen LogP contribution >= 0.6 is 0 Å². The maximum Gasteiger partial charge on any atom is 0.416 e. The molecule has 0 spiro atoms. The highest BCUT2D eigenvalue weighted by Gasteiger charge is 2.30. The number of anilines is 2. The van der Waals surface area contributed by atoms with Crippen molar-refractivity contribution in [3.63, 3.8) is 0 Å². The smallest absolute Gasteiger partial charge is 0.397 e. The van der Waals surface area contributed by atoms with Crippen molar-refractivity contribution < 1.29 is 18.3 Å². The lowest BCUT2D eigenvalue weighted by molar-refractivity contribution is -0.137. The van der Waals surface area contributed by atoms with E-state index in [0.717, 1.165) is 12.1 Å². The number of halogens is 3. The maximum atomic E-state index is 12.3. The van der Waals surface area contributed by atoms with Crippen molar-refractivity contribution in [3.8, 4) is 0 Å². The molecule has 0 saturated carbocycles. The van der Waals surface area contributed by atoms with Gasteiger partial charge >= 0.3 is 6.18 Å². The molecule has 0 saturated heterocycles. The van der Waals surface area contributed by atoms with Crippen LogP contribution in [0.2, 0.25) is 0 Å². The van der Waals surface area contributed by atoms with Crippen molar-refractivity contribution in [3.05, 3.63) is 23.8 Å². The van der Waals surface area contributed by atoms with E-state index in [1.54, 1.807) is 6.92 Å². The molecule has 0 aromatic heterocycles. The van der Waals surface area contributed by atoms with Crippen molar-refractivity contribution in [2.24, 2.45) is 0 Å². The molecule has 0 aliphatic carbocycles. The molecular weight excluding hydrogens is 221 g/mol. The summed E-state index contributed by atoms with van der Waals surface area (Å²) in [6, 6.07) is 3.06. The third kappa shape index (κ3) is 3.30. The highest BCUT2D eigenvalue weighted by Crippen LogP contribution is 2.32. The van der Waals surface area contributed by atoms with E-state index in [9.17, 15) is 13.2 Å². The van der Waals surface area contributed by atoms with Crippen LogP contribution in [-0.2, 0) is 6.18 Å². The molecule has 3 nitrogen and oxygen atoms in total. The predicted molar refractivity (Wildman–Crippen MR) is 56.0 cm³/mol. The summed E-state index contributed by atoms with van der Waals surface area (Å²) < 4.78 is 36.9. The molecule has 6 heteroatoms. The van der Waals surface area contributed by atoms with Crippen LogP contribution in [0.25, 0.3) is 0 Å². The normalized spacial score (nSPS) is 13.6. The quantitative estimate of drug-likeness (QED) is 0.702. The summed E-state index contributed by atoms with van der Waals surface area (Å²) in [7, 11) is 0. The Hall–Kier alpha value is -1.43. The van der Waals surface area contributed by atoms with Gasteiger partial charge in [0.05, 0.1) is 23.0 Å². The van der Waals surface area contributed by atoms with Crippen molar-refractivity contribution in [1.82, 2.24) is 0 Å². The first kappa shape index (κ1) is 12.6.